The van der Waals surface area contributed by atoms with Crippen LogP contribution >= 0.6 is 31.9 Å². The van der Waals surface area contributed by atoms with E-state index in [2.05, 4.69) is 31.9 Å². The van der Waals surface area contributed by atoms with Crippen LogP contribution in [-0.4, -0.2) is 36.6 Å². The Bertz CT molecular complexity index is 853. The van der Waals surface area contributed by atoms with Gasteiger partial charge in [-0.15, -0.1) is 0 Å². The second kappa shape index (κ2) is 12.1. The van der Waals surface area contributed by atoms with Gasteiger partial charge in [0.05, 0.1) is 15.6 Å². The van der Waals surface area contributed by atoms with Gasteiger partial charge in [0.25, 0.3) is 0 Å². The largest absolute Gasteiger partial charge is 0.478 e. The predicted molar refractivity (Wildman–Crippen MR) is 115 cm³/mol. The number of benzene rings is 2. The van der Waals surface area contributed by atoms with E-state index in [4.69, 9.17) is 34.3 Å². The summed E-state index contributed by atoms with van der Waals surface area (Å²) in [4.78, 5) is 10.5. The summed E-state index contributed by atoms with van der Waals surface area (Å²) < 4.78 is 31.3. The van der Waals surface area contributed by atoms with E-state index in [0.29, 0.717) is 4.47 Å². The molecule has 2 radical (unpaired) electrons. The molecule has 2 aromatic rings. The molecule has 1 aliphatic rings. The third-order valence-electron chi connectivity index (χ3n) is 3.70. The smallest absolute Gasteiger partial charge is 0.340 e. The second-order valence-corrected chi connectivity index (χ2v) is 7.48. The van der Waals surface area contributed by atoms with Crippen LogP contribution in [0.3, 0.4) is 0 Å². The number of hydrogen-bond acceptors (Lipinski definition) is 5. The Kier molecular flexibility index (Phi) is 10.6. The van der Waals surface area contributed by atoms with Crippen molar-refractivity contribution in [3.8, 4) is 0 Å². The SMILES string of the molecule is Nc1ccc(Br)c(F)c1C(=O)O.Nc1ccc(Br)c(F)c1CO.[B]C1CCCO1. The second-order valence-electron chi connectivity index (χ2n) is 5.77. The van der Waals surface area contributed by atoms with Crippen LogP contribution in [0, 0.1) is 11.6 Å². The Morgan fingerprint density at radius 3 is 2.03 bits per heavy atom. The molecular formula is C18H19BBr2F2N2O4. The molecule has 2 aromatic carbocycles. The van der Waals surface area contributed by atoms with Crippen molar-refractivity contribution in [2.24, 2.45) is 0 Å². The van der Waals surface area contributed by atoms with Gasteiger partial charge >= 0.3 is 5.97 Å². The van der Waals surface area contributed by atoms with E-state index in [1.54, 1.807) is 6.07 Å². The molecule has 0 aliphatic carbocycles. The summed E-state index contributed by atoms with van der Waals surface area (Å²) >= 11 is 5.83. The summed E-state index contributed by atoms with van der Waals surface area (Å²) in [6, 6.07) is 5.78. The molecule has 6 N–H and O–H groups in total. The van der Waals surface area contributed by atoms with Crippen LogP contribution in [0.15, 0.2) is 33.2 Å². The number of halogens is 4. The minimum Gasteiger partial charge on any atom is -0.478 e. The number of nitrogens with two attached hydrogens (primary N) is 2. The molecule has 1 saturated heterocycles. The Hall–Kier alpha value is -1.69. The van der Waals surface area contributed by atoms with E-state index in [0.717, 1.165) is 19.4 Å². The standard InChI is InChI=1S/C7H5BrFNO2.C7H7BrFNO.C4H7BO/c8-3-1-2-4(10)5(6(3)9)7(11)12;8-5-1-2-6(10)4(3-11)7(5)9;5-4-2-1-3-6-4/h1-2H,10H2,(H,11,12);1-2,11H,3,10H2;4H,1-3H2. The molecule has 11 heteroatoms. The lowest BCUT2D eigenvalue weighted by Crippen LogP contribution is -2.05. The number of rotatable bonds is 2. The molecule has 1 aliphatic heterocycles. The van der Waals surface area contributed by atoms with Gasteiger partial charge in [0.2, 0.25) is 0 Å². The average Bonchev–Trinajstić information content (AvgIpc) is 3.14. The van der Waals surface area contributed by atoms with Gasteiger partial charge in [0.15, 0.2) is 5.82 Å². The fourth-order valence-electron chi connectivity index (χ4n) is 2.15. The zero-order valence-electron chi connectivity index (χ0n) is 15.2. The van der Waals surface area contributed by atoms with E-state index in [-0.39, 0.29) is 34.0 Å². The van der Waals surface area contributed by atoms with Crippen LogP contribution in [-0.2, 0) is 11.3 Å². The Morgan fingerprint density at radius 1 is 1.14 bits per heavy atom. The molecule has 0 amide bonds. The summed E-state index contributed by atoms with van der Waals surface area (Å²) in [7, 11) is 5.31. The molecule has 3 rings (SSSR count). The molecule has 0 saturated carbocycles. The van der Waals surface area contributed by atoms with Crippen molar-refractivity contribution in [2.45, 2.75) is 25.5 Å². The maximum absolute atomic E-state index is 13.0. The van der Waals surface area contributed by atoms with Crippen LogP contribution in [0.1, 0.15) is 28.8 Å². The van der Waals surface area contributed by atoms with Crippen LogP contribution in [0.5, 0.6) is 0 Å². The number of carboxylic acids is 1. The van der Waals surface area contributed by atoms with Gasteiger partial charge < -0.3 is 26.4 Å². The van der Waals surface area contributed by atoms with Crippen LogP contribution in [0.4, 0.5) is 20.2 Å². The van der Waals surface area contributed by atoms with Gasteiger partial charge in [-0.25, -0.2) is 13.6 Å². The maximum atomic E-state index is 13.0. The lowest BCUT2D eigenvalue weighted by molar-refractivity contribution is 0.0693. The molecule has 1 unspecified atom stereocenters. The molecule has 1 fully saturated rings. The summed E-state index contributed by atoms with van der Waals surface area (Å²) in [6.45, 7) is 0.484. The molecule has 1 atom stereocenters. The van der Waals surface area contributed by atoms with Gasteiger partial charge in [0, 0.05) is 29.5 Å². The average molecular weight is 536 g/mol. The first-order valence-corrected chi connectivity index (χ1v) is 9.85. The molecule has 0 aromatic heterocycles. The van der Waals surface area contributed by atoms with Crippen LogP contribution in [0.25, 0.3) is 0 Å². The number of ether oxygens (including phenoxy) is 1. The zero-order valence-corrected chi connectivity index (χ0v) is 18.3. The number of carboxylic acid groups (broad SMARTS) is 1. The van der Waals surface area contributed by atoms with E-state index in [1.807, 2.05) is 0 Å². The summed E-state index contributed by atoms with van der Waals surface area (Å²) in [5.74, 6) is -2.71. The van der Waals surface area contributed by atoms with Gasteiger partial charge in [-0.3, -0.25) is 0 Å². The summed E-state index contributed by atoms with van der Waals surface area (Å²) in [5.41, 5.74) is 10.5. The number of carbonyl (C=O) groups is 1. The van der Waals surface area contributed by atoms with Crippen molar-refractivity contribution in [3.05, 3.63) is 56.0 Å². The van der Waals surface area contributed by atoms with Gasteiger partial charge in [-0.1, -0.05) is 0 Å². The molecule has 29 heavy (non-hydrogen) atoms. The fraction of sp³-hybridized carbons (Fsp3) is 0.278. The number of nitrogen functional groups attached to an aromatic ring is 2. The first-order valence-electron chi connectivity index (χ1n) is 8.27. The van der Waals surface area contributed by atoms with Crippen molar-refractivity contribution in [2.75, 3.05) is 18.1 Å². The number of aromatic carboxylic acids is 1. The lowest BCUT2D eigenvalue weighted by Gasteiger charge is -2.04. The van der Waals surface area contributed by atoms with Crippen molar-refractivity contribution in [1.82, 2.24) is 0 Å². The highest BCUT2D eigenvalue weighted by Crippen LogP contribution is 2.24. The third-order valence-corrected chi connectivity index (χ3v) is 4.92. The van der Waals surface area contributed by atoms with Crippen molar-refractivity contribution in [1.29, 1.82) is 0 Å². The summed E-state index contributed by atoms with van der Waals surface area (Å²) in [5, 5.41) is 17.2. The van der Waals surface area contributed by atoms with Crippen molar-refractivity contribution >= 4 is 57.1 Å². The normalized spacial score (nSPS) is 15.0. The minimum atomic E-state index is -1.37. The number of anilines is 2. The monoisotopic (exact) mass is 534 g/mol. The molecule has 0 bridgehead atoms. The van der Waals surface area contributed by atoms with E-state index >= 15 is 0 Å². The fourth-order valence-corrected chi connectivity index (χ4v) is 2.86. The Labute approximate surface area is 184 Å². The highest BCUT2D eigenvalue weighted by Gasteiger charge is 2.16. The minimum absolute atomic E-state index is 0.0463. The van der Waals surface area contributed by atoms with Crippen LogP contribution in [0.2, 0.25) is 0 Å². The van der Waals surface area contributed by atoms with Gasteiger partial charge in [-0.2, -0.15) is 0 Å². The molecular weight excluding hydrogens is 517 g/mol. The third kappa shape index (κ3) is 7.58. The summed E-state index contributed by atoms with van der Waals surface area (Å²) in [6.07, 6.45) is 2.18. The zero-order chi connectivity index (χ0) is 22.1. The number of aliphatic hydroxyl groups excluding tert-OH is 1. The van der Waals surface area contributed by atoms with Crippen molar-refractivity contribution < 1.29 is 28.5 Å². The number of hydrogen-bond donors (Lipinski definition) is 4. The molecule has 0 spiro atoms. The molecule has 156 valence electrons. The Morgan fingerprint density at radius 2 is 1.69 bits per heavy atom. The van der Waals surface area contributed by atoms with Crippen molar-refractivity contribution in [3.63, 3.8) is 0 Å². The topological polar surface area (TPSA) is 119 Å². The maximum Gasteiger partial charge on any atom is 0.340 e. The highest BCUT2D eigenvalue weighted by molar-refractivity contribution is 9.10. The first kappa shape index (κ1) is 25.4. The van der Waals surface area contributed by atoms with Gasteiger partial charge in [0.1, 0.15) is 19.2 Å². The molecule has 6 nitrogen and oxygen atoms in total. The lowest BCUT2D eigenvalue weighted by atomic mass is 9.98. The Balaban J connectivity index is 0.000000229. The number of aliphatic hydroxyl groups is 1. The highest BCUT2D eigenvalue weighted by atomic mass is 79.9. The van der Waals surface area contributed by atoms with Crippen LogP contribution < -0.4 is 11.5 Å². The van der Waals surface area contributed by atoms with Gasteiger partial charge in [-0.05, 0) is 69.0 Å². The predicted octanol–water partition coefficient (Wildman–Crippen LogP) is 3.82. The van der Waals surface area contributed by atoms with E-state index < -0.39 is 23.2 Å². The van der Waals surface area contributed by atoms with E-state index in [9.17, 15) is 13.6 Å². The van der Waals surface area contributed by atoms with E-state index in [1.165, 1.54) is 18.2 Å². The first-order chi connectivity index (χ1) is 13.6. The molecule has 1 heterocycles. The quantitative estimate of drug-likeness (QED) is 0.343.